The van der Waals surface area contributed by atoms with E-state index >= 15 is 0 Å². The Morgan fingerprint density at radius 3 is 2.48 bits per heavy atom. The van der Waals surface area contributed by atoms with Crippen LogP contribution in [-0.4, -0.2) is 34.1 Å². The minimum absolute atomic E-state index is 0.0148. The van der Waals surface area contributed by atoms with Gasteiger partial charge in [-0.3, -0.25) is 4.79 Å². The second-order valence-electron chi connectivity index (χ2n) is 7.33. The van der Waals surface area contributed by atoms with E-state index in [0.717, 1.165) is 37.0 Å². The molecule has 0 N–H and O–H groups in total. The van der Waals surface area contributed by atoms with Crippen LogP contribution in [0.1, 0.15) is 48.4 Å². The number of aromatic nitrogens is 2. The number of benzene rings is 2. The van der Waals surface area contributed by atoms with Gasteiger partial charge in [-0.05, 0) is 37.1 Å². The maximum Gasteiger partial charge on any atom is 0.254 e. The Morgan fingerprint density at radius 2 is 1.79 bits per heavy atom. The van der Waals surface area contributed by atoms with Crippen LogP contribution < -0.4 is 4.74 Å². The second kappa shape index (κ2) is 8.90. The molecular formula is C23H25N3O3. The molecule has 29 heavy (non-hydrogen) atoms. The molecule has 1 amide bonds. The number of hydrogen-bond acceptors (Lipinski definition) is 5. The number of carbonyl (C=O) groups excluding carboxylic acids is 1. The molecule has 0 bridgehead atoms. The molecule has 1 aromatic heterocycles. The summed E-state index contributed by atoms with van der Waals surface area (Å²) in [6.45, 7) is 0.315. The topological polar surface area (TPSA) is 68.5 Å². The lowest BCUT2D eigenvalue weighted by molar-refractivity contribution is 0.0586. The molecule has 0 saturated heterocycles. The summed E-state index contributed by atoms with van der Waals surface area (Å²) in [6.07, 6.45) is 5.50. The summed E-state index contributed by atoms with van der Waals surface area (Å²) in [5.41, 5.74) is 1.53. The van der Waals surface area contributed by atoms with Gasteiger partial charge >= 0.3 is 0 Å². The zero-order valence-corrected chi connectivity index (χ0v) is 16.6. The Bertz CT molecular complexity index is 932. The van der Waals surface area contributed by atoms with Gasteiger partial charge in [-0.15, -0.1) is 0 Å². The number of ether oxygens (including phenoxy) is 1. The SMILES string of the molecule is COc1ccc(C(=O)N(Cc2nc(-c3ccccc3)no2)C2CCCCC2)cc1. The van der Waals surface area contributed by atoms with Gasteiger partial charge < -0.3 is 14.2 Å². The fraction of sp³-hybridized carbons (Fsp3) is 0.348. The first kappa shape index (κ1) is 19.2. The van der Waals surface area contributed by atoms with Gasteiger partial charge in [0.25, 0.3) is 5.91 Å². The van der Waals surface area contributed by atoms with Crippen molar-refractivity contribution in [3.63, 3.8) is 0 Å². The minimum Gasteiger partial charge on any atom is -0.497 e. The van der Waals surface area contributed by atoms with E-state index in [1.54, 1.807) is 19.2 Å². The van der Waals surface area contributed by atoms with Crippen molar-refractivity contribution in [2.45, 2.75) is 44.7 Å². The van der Waals surface area contributed by atoms with Gasteiger partial charge in [0.05, 0.1) is 7.11 Å². The van der Waals surface area contributed by atoms with E-state index in [-0.39, 0.29) is 11.9 Å². The molecule has 1 aliphatic rings. The van der Waals surface area contributed by atoms with Crippen LogP contribution in [0.4, 0.5) is 0 Å². The van der Waals surface area contributed by atoms with Crippen molar-refractivity contribution >= 4 is 5.91 Å². The highest BCUT2D eigenvalue weighted by molar-refractivity contribution is 5.94. The van der Waals surface area contributed by atoms with Gasteiger partial charge in [-0.1, -0.05) is 54.8 Å². The van der Waals surface area contributed by atoms with Crippen LogP contribution in [0.5, 0.6) is 5.75 Å². The lowest BCUT2D eigenvalue weighted by atomic mass is 9.93. The van der Waals surface area contributed by atoms with E-state index in [1.165, 1.54) is 6.42 Å². The van der Waals surface area contributed by atoms with Crippen molar-refractivity contribution in [3.05, 3.63) is 66.1 Å². The molecule has 150 valence electrons. The number of hydrogen-bond donors (Lipinski definition) is 0. The maximum atomic E-state index is 13.3. The Morgan fingerprint density at radius 1 is 1.07 bits per heavy atom. The molecule has 6 nitrogen and oxygen atoms in total. The largest absolute Gasteiger partial charge is 0.497 e. The molecule has 0 radical (unpaired) electrons. The molecule has 3 aromatic rings. The van der Waals surface area contributed by atoms with Crippen LogP contribution in [0, 0.1) is 0 Å². The Balaban J connectivity index is 1.57. The molecule has 1 aliphatic carbocycles. The number of methoxy groups -OCH3 is 1. The lowest BCUT2D eigenvalue weighted by Crippen LogP contribution is -2.41. The quantitative estimate of drug-likeness (QED) is 0.608. The molecular weight excluding hydrogens is 366 g/mol. The minimum atomic E-state index is -0.0148. The molecule has 2 aromatic carbocycles. The summed E-state index contributed by atoms with van der Waals surface area (Å²) in [4.78, 5) is 19.7. The molecule has 1 heterocycles. The van der Waals surface area contributed by atoms with Crippen molar-refractivity contribution in [1.82, 2.24) is 15.0 Å². The van der Waals surface area contributed by atoms with Crippen molar-refractivity contribution in [2.75, 3.05) is 7.11 Å². The fourth-order valence-corrected chi connectivity index (χ4v) is 3.83. The zero-order valence-electron chi connectivity index (χ0n) is 16.6. The van der Waals surface area contributed by atoms with Crippen LogP contribution in [-0.2, 0) is 6.54 Å². The monoisotopic (exact) mass is 391 g/mol. The van der Waals surface area contributed by atoms with E-state index in [4.69, 9.17) is 9.26 Å². The summed E-state index contributed by atoms with van der Waals surface area (Å²) >= 11 is 0. The first-order chi connectivity index (χ1) is 14.2. The third kappa shape index (κ3) is 4.47. The van der Waals surface area contributed by atoms with Crippen LogP contribution in [0.25, 0.3) is 11.4 Å². The van der Waals surface area contributed by atoms with E-state index < -0.39 is 0 Å². The molecule has 0 spiro atoms. The molecule has 6 heteroatoms. The predicted molar refractivity (Wildman–Crippen MR) is 109 cm³/mol. The summed E-state index contributed by atoms with van der Waals surface area (Å²) < 4.78 is 10.7. The number of rotatable bonds is 6. The number of carbonyl (C=O) groups is 1. The van der Waals surface area contributed by atoms with Crippen LogP contribution >= 0.6 is 0 Å². The third-order valence-corrected chi connectivity index (χ3v) is 5.42. The average molecular weight is 391 g/mol. The molecule has 1 fully saturated rings. The Kier molecular flexibility index (Phi) is 5.89. The van der Waals surface area contributed by atoms with Gasteiger partial charge in [0, 0.05) is 17.2 Å². The predicted octanol–water partition coefficient (Wildman–Crippen LogP) is 4.72. The molecule has 0 atom stereocenters. The summed E-state index contributed by atoms with van der Waals surface area (Å²) in [5.74, 6) is 1.71. The molecule has 4 rings (SSSR count). The van der Waals surface area contributed by atoms with E-state index in [2.05, 4.69) is 10.1 Å². The summed E-state index contributed by atoms with van der Waals surface area (Å²) in [7, 11) is 1.62. The van der Waals surface area contributed by atoms with Gasteiger partial charge in [-0.2, -0.15) is 4.98 Å². The van der Waals surface area contributed by atoms with Crippen molar-refractivity contribution in [3.8, 4) is 17.1 Å². The van der Waals surface area contributed by atoms with Crippen LogP contribution in [0.15, 0.2) is 59.1 Å². The highest BCUT2D eigenvalue weighted by Gasteiger charge is 2.28. The van der Waals surface area contributed by atoms with Crippen LogP contribution in [0.2, 0.25) is 0 Å². The molecule has 1 saturated carbocycles. The maximum absolute atomic E-state index is 13.3. The fourth-order valence-electron chi connectivity index (χ4n) is 3.83. The highest BCUT2D eigenvalue weighted by Crippen LogP contribution is 2.26. The van der Waals surface area contributed by atoms with Crippen molar-refractivity contribution in [1.29, 1.82) is 0 Å². The van der Waals surface area contributed by atoms with Gasteiger partial charge in [-0.25, -0.2) is 0 Å². The van der Waals surface area contributed by atoms with E-state index in [9.17, 15) is 4.79 Å². The average Bonchev–Trinajstić information content (AvgIpc) is 3.27. The van der Waals surface area contributed by atoms with Crippen LogP contribution in [0.3, 0.4) is 0 Å². The molecule has 0 aliphatic heterocycles. The number of amides is 1. The highest BCUT2D eigenvalue weighted by atomic mass is 16.5. The summed E-state index contributed by atoms with van der Waals surface area (Å²) in [6, 6.07) is 17.1. The first-order valence-electron chi connectivity index (χ1n) is 10.1. The van der Waals surface area contributed by atoms with Gasteiger partial charge in [0.1, 0.15) is 12.3 Å². The van der Waals surface area contributed by atoms with E-state index in [0.29, 0.717) is 23.8 Å². The molecule has 0 unspecified atom stereocenters. The summed E-state index contributed by atoms with van der Waals surface area (Å²) in [5, 5.41) is 4.10. The third-order valence-electron chi connectivity index (χ3n) is 5.42. The van der Waals surface area contributed by atoms with Crippen molar-refractivity contribution < 1.29 is 14.1 Å². The first-order valence-corrected chi connectivity index (χ1v) is 10.1. The Hall–Kier alpha value is -3.15. The Labute approximate surface area is 170 Å². The lowest BCUT2D eigenvalue weighted by Gasteiger charge is -2.33. The van der Waals surface area contributed by atoms with Gasteiger partial charge in [0.2, 0.25) is 11.7 Å². The second-order valence-corrected chi connectivity index (χ2v) is 7.33. The van der Waals surface area contributed by atoms with Crippen molar-refractivity contribution in [2.24, 2.45) is 0 Å². The zero-order chi connectivity index (χ0) is 20.1. The van der Waals surface area contributed by atoms with Gasteiger partial charge in [0.15, 0.2) is 0 Å². The smallest absolute Gasteiger partial charge is 0.254 e. The standard InChI is InChI=1S/C23H25N3O3/c1-28-20-14-12-18(13-15-20)23(27)26(19-10-6-3-7-11-19)16-21-24-22(25-29-21)17-8-4-2-5-9-17/h2,4-5,8-9,12-15,19H,3,6-7,10-11,16H2,1H3. The number of nitrogens with zero attached hydrogens (tertiary/aromatic N) is 3. The normalized spacial score (nSPS) is 14.5. The van der Waals surface area contributed by atoms with E-state index in [1.807, 2.05) is 47.4 Å².